The van der Waals surface area contributed by atoms with Crippen molar-refractivity contribution in [2.45, 2.75) is 25.8 Å². The Morgan fingerprint density at radius 1 is 1.33 bits per heavy atom. The van der Waals surface area contributed by atoms with E-state index >= 15 is 0 Å². The van der Waals surface area contributed by atoms with E-state index in [4.69, 9.17) is 5.11 Å². The molecule has 118 valence electrons. The van der Waals surface area contributed by atoms with Gasteiger partial charge in [0.2, 0.25) is 0 Å². The lowest BCUT2D eigenvalue weighted by Gasteiger charge is -2.31. The predicted molar refractivity (Wildman–Crippen MR) is 86.0 cm³/mol. The van der Waals surface area contributed by atoms with Crippen LogP contribution in [0.3, 0.4) is 0 Å². The van der Waals surface area contributed by atoms with Crippen molar-refractivity contribution in [2.75, 3.05) is 19.7 Å². The number of piperidine rings is 1. The van der Waals surface area contributed by atoms with Crippen molar-refractivity contribution in [2.24, 2.45) is 5.92 Å². The molecule has 1 aromatic rings. The Morgan fingerprint density at radius 2 is 1.90 bits per heavy atom. The van der Waals surface area contributed by atoms with Gasteiger partial charge in [0.25, 0.3) is 10.2 Å². The largest absolute Gasteiger partial charge is 0.396 e. The van der Waals surface area contributed by atoms with Crippen molar-refractivity contribution < 1.29 is 13.5 Å². The minimum absolute atomic E-state index is 0.136. The van der Waals surface area contributed by atoms with Crippen LogP contribution in [-0.4, -0.2) is 37.5 Å². The number of hydrogen-bond donors (Lipinski definition) is 2. The first kappa shape index (κ1) is 16.9. The number of benzene rings is 1. The fourth-order valence-electron chi connectivity index (χ4n) is 2.45. The van der Waals surface area contributed by atoms with Gasteiger partial charge in [-0.3, -0.25) is 0 Å². The molecule has 21 heavy (non-hydrogen) atoms. The zero-order valence-electron chi connectivity index (χ0n) is 12.0. The first-order chi connectivity index (χ1) is 9.92. The molecule has 7 heteroatoms. The van der Waals surface area contributed by atoms with E-state index in [1.54, 1.807) is 0 Å². The van der Waals surface area contributed by atoms with Crippen molar-refractivity contribution in [3.8, 4) is 0 Å². The van der Waals surface area contributed by atoms with E-state index in [0.717, 1.165) is 10.0 Å². The van der Waals surface area contributed by atoms with Crippen LogP contribution < -0.4 is 4.72 Å². The maximum absolute atomic E-state index is 12.4. The summed E-state index contributed by atoms with van der Waals surface area (Å²) >= 11 is 3.36. The molecule has 0 aliphatic carbocycles. The molecule has 0 saturated carbocycles. The lowest BCUT2D eigenvalue weighted by atomic mass is 10.00. The summed E-state index contributed by atoms with van der Waals surface area (Å²) in [6.45, 7) is 2.90. The van der Waals surface area contributed by atoms with Gasteiger partial charge in [-0.05, 0) is 43.4 Å². The Kier molecular flexibility index (Phi) is 5.79. The topological polar surface area (TPSA) is 69.6 Å². The van der Waals surface area contributed by atoms with Gasteiger partial charge in [-0.1, -0.05) is 28.1 Å². The summed E-state index contributed by atoms with van der Waals surface area (Å²) in [6.07, 6.45) is 1.42. The Balaban J connectivity index is 1.99. The zero-order valence-corrected chi connectivity index (χ0v) is 14.4. The van der Waals surface area contributed by atoms with E-state index in [9.17, 15) is 8.42 Å². The van der Waals surface area contributed by atoms with Crippen LogP contribution in [0.2, 0.25) is 0 Å². The van der Waals surface area contributed by atoms with Crippen LogP contribution in [0.5, 0.6) is 0 Å². The SMILES string of the molecule is CC(NS(=O)(=O)N1CCC(CO)CC1)c1ccc(Br)cc1. The number of hydrogen-bond acceptors (Lipinski definition) is 3. The predicted octanol–water partition coefficient (Wildman–Crippen LogP) is 2.05. The molecule has 1 aliphatic heterocycles. The van der Waals surface area contributed by atoms with E-state index in [-0.39, 0.29) is 18.6 Å². The van der Waals surface area contributed by atoms with Gasteiger partial charge in [0, 0.05) is 30.2 Å². The fraction of sp³-hybridized carbons (Fsp3) is 0.571. The van der Waals surface area contributed by atoms with E-state index < -0.39 is 10.2 Å². The van der Waals surface area contributed by atoms with Gasteiger partial charge < -0.3 is 5.11 Å². The maximum atomic E-state index is 12.4. The van der Waals surface area contributed by atoms with E-state index in [1.807, 2.05) is 31.2 Å². The molecule has 0 amide bonds. The number of aliphatic hydroxyl groups excluding tert-OH is 1. The molecule has 1 heterocycles. The van der Waals surface area contributed by atoms with Gasteiger partial charge >= 0.3 is 0 Å². The molecule has 2 N–H and O–H groups in total. The van der Waals surface area contributed by atoms with Crippen LogP contribution in [0, 0.1) is 5.92 Å². The van der Waals surface area contributed by atoms with Crippen molar-refractivity contribution in [3.63, 3.8) is 0 Å². The molecule has 0 bridgehead atoms. The lowest BCUT2D eigenvalue weighted by molar-refractivity contribution is 0.169. The highest BCUT2D eigenvalue weighted by molar-refractivity contribution is 9.10. The summed E-state index contributed by atoms with van der Waals surface area (Å²) in [5.41, 5.74) is 0.923. The second-order valence-corrected chi connectivity index (χ2v) is 8.04. The fourth-order valence-corrected chi connectivity index (χ4v) is 4.14. The molecule has 1 atom stereocenters. The van der Waals surface area contributed by atoms with Gasteiger partial charge in [-0.2, -0.15) is 17.4 Å². The number of nitrogens with zero attached hydrogens (tertiary/aromatic N) is 1. The van der Waals surface area contributed by atoms with E-state index in [2.05, 4.69) is 20.7 Å². The molecule has 1 aromatic carbocycles. The maximum Gasteiger partial charge on any atom is 0.279 e. The minimum Gasteiger partial charge on any atom is -0.396 e. The average molecular weight is 377 g/mol. The van der Waals surface area contributed by atoms with E-state index in [0.29, 0.717) is 25.9 Å². The summed E-state index contributed by atoms with van der Waals surface area (Å²) in [5, 5.41) is 9.11. The van der Waals surface area contributed by atoms with Crippen LogP contribution in [0.1, 0.15) is 31.4 Å². The molecule has 0 spiro atoms. The third-order valence-electron chi connectivity index (χ3n) is 3.87. The Labute approximate surface area is 134 Å². The summed E-state index contributed by atoms with van der Waals surface area (Å²) in [7, 11) is -3.48. The lowest BCUT2D eigenvalue weighted by Crippen LogP contribution is -2.46. The first-order valence-electron chi connectivity index (χ1n) is 7.06. The molecule has 1 saturated heterocycles. The number of halogens is 1. The monoisotopic (exact) mass is 376 g/mol. The smallest absolute Gasteiger partial charge is 0.279 e. The van der Waals surface area contributed by atoms with Crippen LogP contribution >= 0.6 is 15.9 Å². The molecule has 1 unspecified atom stereocenters. The molecule has 2 rings (SSSR count). The molecule has 0 radical (unpaired) electrons. The number of nitrogens with one attached hydrogen (secondary N) is 1. The zero-order chi connectivity index (χ0) is 15.5. The van der Waals surface area contributed by atoms with Crippen LogP contribution in [0.15, 0.2) is 28.7 Å². The molecule has 1 aliphatic rings. The van der Waals surface area contributed by atoms with Gasteiger partial charge in [-0.25, -0.2) is 0 Å². The summed E-state index contributed by atoms with van der Waals surface area (Å²) in [6, 6.07) is 7.31. The standard InChI is InChI=1S/C14H21BrN2O3S/c1-11(13-2-4-14(15)5-3-13)16-21(19,20)17-8-6-12(10-18)7-9-17/h2-5,11-12,16,18H,6-10H2,1H3. The molecule has 5 nitrogen and oxygen atoms in total. The van der Waals surface area contributed by atoms with Crippen molar-refractivity contribution >= 4 is 26.1 Å². The second kappa shape index (κ2) is 7.19. The van der Waals surface area contributed by atoms with Crippen LogP contribution in [0.25, 0.3) is 0 Å². The van der Waals surface area contributed by atoms with Crippen molar-refractivity contribution in [1.82, 2.24) is 9.03 Å². The summed E-state index contributed by atoms with van der Waals surface area (Å²) < 4.78 is 29.9. The molecular formula is C14H21BrN2O3S. The van der Waals surface area contributed by atoms with Crippen LogP contribution in [-0.2, 0) is 10.2 Å². The van der Waals surface area contributed by atoms with Crippen molar-refractivity contribution in [1.29, 1.82) is 0 Å². The molecule has 0 aromatic heterocycles. The third-order valence-corrected chi connectivity index (χ3v) is 6.09. The molecule has 1 fully saturated rings. The Morgan fingerprint density at radius 3 is 2.43 bits per heavy atom. The Hall–Kier alpha value is -0.470. The Bertz CT molecular complexity index is 554. The van der Waals surface area contributed by atoms with Gasteiger partial charge in [0.15, 0.2) is 0 Å². The number of aliphatic hydroxyl groups is 1. The normalized spacial score (nSPS) is 19.6. The number of rotatable bonds is 5. The highest BCUT2D eigenvalue weighted by atomic mass is 79.9. The summed E-state index contributed by atoms with van der Waals surface area (Å²) in [4.78, 5) is 0. The third kappa shape index (κ3) is 4.50. The van der Waals surface area contributed by atoms with Gasteiger partial charge in [0.05, 0.1) is 0 Å². The highest BCUT2D eigenvalue weighted by Gasteiger charge is 2.28. The average Bonchev–Trinajstić information content (AvgIpc) is 2.47. The highest BCUT2D eigenvalue weighted by Crippen LogP contribution is 2.21. The minimum atomic E-state index is -3.48. The quantitative estimate of drug-likeness (QED) is 0.825. The van der Waals surface area contributed by atoms with Gasteiger partial charge in [0.1, 0.15) is 0 Å². The van der Waals surface area contributed by atoms with E-state index in [1.165, 1.54) is 4.31 Å². The molecular weight excluding hydrogens is 356 g/mol. The van der Waals surface area contributed by atoms with Gasteiger partial charge in [-0.15, -0.1) is 0 Å². The first-order valence-corrected chi connectivity index (χ1v) is 9.29. The second-order valence-electron chi connectivity index (χ2n) is 5.42. The summed E-state index contributed by atoms with van der Waals surface area (Å²) in [5.74, 6) is 0.223. The van der Waals surface area contributed by atoms with Crippen molar-refractivity contribution in [3.05, 3.63) is 34.3 Å². The van der Waals surface area contributed by atoms with Crippen LogP contribution in [0.4, 0.5) is 0 Å².